The second kappa shape index (κ2) is 9.58. The van der Waals surface area contributed by atoms with Crippen molar-refractivity contribution in [1.29, 1.82) is 0 Å². The molecule has 1 fully saturated rings. The van der Waals surface area contributed by atoms with Crippen LogP contribution in [-0.2, 0) is 15.3 Å². The van der Waals surface area contributed by atoms with E-state index in [-0.39, 0.29) is 24.9 Å². The van der Waals surface area contributed by atoms with Crippen LogP contribution >= 0.6 is 11.8 Å². The van der Waals surface area contributed by atoms with Crippen molar-refractivity contribution in [3.8, 4) is 0 Å². The van der Waals surface area contributed by atoms with Crippen LogP contribution in [0.2, 0.25) is 0 Å². The van der Waals surface area contributed by atoms with E-state index in [1.54, 1.807) is 23.7 Å². The monoisotopic (exact) mass is 383 g/mol. The summed E-state index contributed by atoms with van der Waals surface area (Å²) >= 11 is 1.69. The van der Waals surface area contributed by atoms with Gasteiger partial charge >= 0.3 is 0 Å². The Morgan fingerprint density at radius 3 is 2.41 bits per heavy atom. The van der Waals surface area contributed by atoms with Gasteiger partial charge in [-0.05, 0) is 37.6 Å². The summed E-state index contributed by atoms with van der Waals surface area (Å²) in [6.45, 7) is 0.407. The molecule has 0 saturated heterocycles. The summed E-state index contributed by atoms with van der Waals surface area (Å²) in [5, 5.41) is 5.90. The number of rotatable bonds is 9. The van der Waals surface area contributed by atoms with E-state index < -0.39 is 0 Å². The highest BCUT2D eigenvalue weighted by molar-refractivity contribution is 7.98. The van der Waals surface area contributed by atoms with Crippen molar-refractivity contribution in [3.63, 3.8) is 0 Å². The van der Waals surface area contributed by atoms with Crippen LogP contribution in [0.25, 0.3) is 0 Å². The van der Waals surface area contributed by atoms with E-state index in [2.05, 4.69) is 22.8 Å². The van der Waals surface area contributed by atoms with Crippen LogP contribution in [0.3, 0.4) is 0 Å². The second-order valence-corrected chi connectivity index (χ2v) is 7.85. The fourth-order valence-corrected chi connectivity index (χ4v) is 3.63. The van der Waals surface area contributed by atoms with Crippen molar-refractivity contribution in [3.05, 3.63) is 60.2 Å². The molecule has 1 aliphatic rings. The van der Waals surface area contributed by atoms with Crippen molar-refractivity contribution in [1.82, 2.24) is 10.2 Å². The molecule has 2 aromatic carbocycles. The lowest BCUT2D eigenvalue weighted by molar-refractivity contribution is -0.123. The Bertz CT molecular complexity index is 778. The number of carbonyl (C=O) groups excluding carboxylic acids is 2. The normalized spacial score (nSPS) is 13.4. The molecule has 6 heteroatoms. The Morgan fingerprint density at radius 2 is 1.67 bits per heavy atom. The number of thioether (sulfide) groups is 1. The van der Waals surface area contributed by atoms with Gasteiger partial charge in [-0.3, -0.25) is 14.5 Å². The molecule has 27 heavy (non-hydrogen) atoms. The number of anilines is 1. The smallest absolute Gasteiger partial charge is 0.238 e. The first-order chi connectivity index (χ1) is 13.1. The summed E-state index contributed by atoms with van der Waals surface area (Å²) in [5.41, 5.74) is 2.05. The molecule has 0 atom stereocenters. The average Bonchev–Trinajstić information content (AvgIpc) is 3.45. The van der Waals surface area contributed by atoms with Crippen molar-refractivity contribution in [2.45, 2.75) is 29.5 Å². The van der Waals surface area contributed by atoms with Crippen LogP contribution < -0.4 is 10.6 Å². The zero-order chi connectivity index (χ0) is 19.1. The first-order valence-corrected chi connectivity index (χ1v) is 10.1. The Hall–Kier alpha value is -2.31. The Kier molecular flexibility index (Phi) is 6.90. The van der Waals surface area contributed by atoms with Gasteiger partial charge in [-0.15, -0.1) is 11.8 Å². The van der Waals surface area contributed by atoms with Gasteiger partial charge in [0.1, 0.15) is 0 Å². The third-order valence-corrected chi connectivity index (χ3v) is 5.31. The maximum atomic E-state index is 12.4. The summed E-state index contributed by atoms with van der Waals surface area (Å²) in [6, 6.07) is 18.4. The number of carbonyl (C=O) groups is 2. The fourth-order valence-electron chi connectivity index (χ4n) is 2.67. The number of amides is 2. The molecule has 2 N–H and O–H groups in total. The summed E-state index contributed by atoms with van der Waals surface area (Å²) in [5.74, 6) is 0.700. The molecule has 0 unspecified atom stereocenters. The minimum Gasteiger partial charge on any atom is -0.352 e. The van der Waals surface area contributed by atoms with Crippen LogP contribution in [-0.4, -0.2) is 42.9 Å². The zero-order valence-corrected chi connectivity index (χ0v) is 16.3. The van der Waals surface area contributed by atoms with Gasteiger partial charge < -0.3 is 10.6 Å². The van der Waals surface area contributed by atoms with Crippen LogP contribution in [0, 0.1) is 0 Å². The third-order valence-electron chi connectivity index (χ3n) is 4.17. The van der Waals surface area contributed by atoms with E-state index in [1.165, 1.54) is 5.56 Å². The van der Waals surface area contributed by atoms with Gasteiger partial charge in [-0.1, -0.05) is 42.5 Å². The molecule has 2 amide bonds. The number of para-hydroxylation sites is 1. The first kappa shape index (κ1) is 19.5. The largest absolute Gasteiger partial charge is 0.352 e. The second-order valence-electron chi connectivity index (χ2n) is 6.83. The Labute approximate surface area is 164 Å². The summed E-state index contributed by atoms with van der Waals surface area (Å²) in [6.07, 6.45) is 2.13. The van der Waals surface area contributed by atoms with Gasteiger partial charge in [0.25, 0.3) is 0 Å². The number of hydrogen-bond donors (Lipinski definition) is 2. The topological polar surface area (TPSA) is 61.4 Å². The highest BCUT2D eigenvalue weighted by Gasteiger charge is 2.23. The van der Waals surface area contributed by atoms with Gasteiger partial charge in [-0.25, -0.2) is 0 Å². The van der Waals surface area contributed by atoms with Crippen LogP contribution in [0.1, 0.15) is 18.4 Å². The van der Waals surface area contributed by atoms with Gasteiger partial charge in [0, 0.05) is 16.7 Å². The lowest BCUT2D eigenvalue weighted by Crippen LogP contribution is -2.39. The highest BCUT2D eigenvalue weighted by Crippen LogP contribution is 2.29. The molecule has 0 aromatic heterocycles. The minimum absolute atomic E-state index is 0.0217. The van der Waals surface area contributed by atoms with Gasteiger partial charge in [0.2, 0.25) is 11.8 Å². The average molecular weight is 384 g/mol. The van der Waals surface area contributed by atoms with E-state index in [0.29, 0.717) is 6.04 Å². The maximum absolute atomic E-state index is 12.4. The van der Waals surface area contributed by atoms with Gasteiger partial charge in [-0.2, -0.15) is 0 Å². The predicted molar refractivity (Wildman–Crippen MR) is 110 cm³/mol. The molecule has 0 spiro atoms. The molecule has 5 nitrogen and oxygen atoms in total. The molecular formula is C21H25N3O2S. The first-order valence-electron chi connectivity index (χ1n) is 9.13. The van der Waals surface area contributed by atoms with Gasteiger partial charge in [0.05, 0.1) is 18.8 Å². The Balaban J connectivity index is 1.50. The SMILES string of the molecule is CN(CC(=O)Nc1ccccc1SCc1ccccc1)CC(=O)NC1CC1. The number of likely N-dealkylation sites (N-methyl/N-ethyl adjacent to an activating group) is 1. The van der Waals surface area contributed by atoms with Crippen molar-refractivity contribution < 1.29 is 9.59 Å². The van der Waals surface area contributed by atoms with Crippen molar-refractivity contribution in [2.75, 3.05) is 25.5 Å². The van der Waals surface area contributed by atoms with E-state index >= 15 is 0 Å². The lowest BCUT2D eigenvalue weighted by atomic mass is 10.2. The summed E-state index contributed by atoms with van der Waals surface area (Å²) in [4.78, 5) is 27.0. The van der Waals surface area contributed by atoms with Crippen molar-refractivity contribution in [2.24, 2.45) is 0 Å². The standard InChI is InChI=1S/C21H25N3O2S/c1-24(13-20(25)22-17-11-12-17)14-21(26)23-18-9-5-6-10-19(18)27-15-16-7-3-2-4-8-16/h2-10,17H,11-15H2,1H3,(H,22,25)(H,23,26). The molecule has 0 radical (unpaired) electrons. The predicted octanol–water partition coefficient (Wildman–Crippen LogP) is 3.13. The van der Waals surface area contributed by atoms with E-state index in [4.69, 9.17) is 0 Å². The highest BCUT2D eigenvalue weighted by atomic mass is 32.2. The summed E-state index contributed by atoms with van der Waals surface area (Å²) in [7, 11) is 1.78. The maximum Gasteiger partial charge on any atom is 0.238 e. The molecule has 3 rings (SSSR count). The molecule has 0 heterocycles. The quantitative estimate of drug-likeness (QED) is 0.653. The minimum atomic E-state index is -0.121. The fraction of sp³-hybridized carbons (Fsp3) is 0.333. The number of hydrogen-bond acceptors (Lipinski definition) is 4. The Morgan fingerprint density at radius 1 is 1.00 bits per heavy atom. The summed E-state index contributed by atoms with van der Waals surface area (Å²) < 4.78 is 0. The molecule has 2 aromatic rings. The molecular weight excluding hydrogens is 358 g/mol. The molecule has 0 bridgehead atoms. The molecule has 1 aliphatic carbocycles. The van der Waals surface area contributed by atoms with E-state index in [0.717, 1.165) is 29.2 Å². The molecule has 1 saturated carbocycles. The number of benzene rings is 2. The number of nitrogens with zero attached hydrogens (tertiary/aromatic N) is 1. The number of nitrogens with one attached hydrogen (secondary N) is 2. The van der Waals surface area contributed by atoms with Crippen molar-refractivity contribution >= 4 is 29.3 Å². The van der Waals surface area contributed by atoms with E-state index in [9.17, 15) is 9.59 Å². The molecule has 142 valence electrons. The third kappa shape index (κ3) is 6.73. The van der Waals surface area contributed by atoms with E-state index in [1.807, 2.05) is 42.5 Å². The lowest BCUT2D eigenvalue weighted by Gasteiger charge is -2.17. The molecule has 0 aliphatic heterocycles. The van der Waals surface area contributed by atoms with Gasteiger partial charge in [0.15, 0.2) is 0 Å². The van der Waals surface area contributed by atoms with Crippen LogP contribution in [0.4, 0.5) is 5.69 Å². The van der Waals surface area contributed by atoms with Crippen LogP contribution in [0.5, 0.6) is 0 Å². The zero-order valence-electron chi connectivity index (χ0n) is 15.5. The van der Waals surface area contributed by atoms with Crippen LogP contribution in [0.15, 0.2) is 59.5 Å².